The first-order valence-corrected chi connectivity index (χ1v) is 6.80. The van der Waals surface area contributed by atoms with E-state index in [2.05, 4.69) is 60.5 Å². The molecule has 1 aromatic rings. The maximum Gasteiger partial charge on any atom is 2.00 e. The Morgan fingerprint density at radius 3 is 2.05 bits per heavy atom. The molecule has 2 aliphatic rings. The molecule has 1 aromatic heterocycles. The molecule has 2 saturated carbocycles. The van der Waals surface area contributed by atoms with Crippen molar-refractivity contribution >= 4 is 0 Å². The molecule has 0 spiro atoms. The van der Waals surface area contributed by atoms with Gasteiger partial charge in [-0.3, -0.25) is 0 Å². The normalized spacial score (nSPS) is 17.6. The number of rotatable bonds is 4. The van der Waals surface area contributed by atoms with Gasteiger partial charge in [0.1, 0.15) is 12.4 Å². The SMILES string of the molecule is CCCn1cc[n+](C[C]2[CH][CH][CH][CH]2)c1.[CH]1[CH][CH][CH][CH]1.[Fe+2].[I-]. The molecule has 4 heteroatoms. The first kappa shape index (κ1) is 21.5. The van der Waals surface area contributed by atoms with Gasteiger partial charge in [-0.25, -0.2) is 9.13 Å². The minimum atomic E-state index is 0. The van der Waals surface area contributed by atoms with Crippen molar-refractivity contribution in [2.24, 2.45) is 0 Å². The monoisotopic (exact) mass is 436 g/mol. The topological polar surface area (TPSA) is 8.81 Å². The zero-order chi connectivity index (χ0) is 13.3. The van der Waals surface area contributed by atoms with Gasteiger partial charge in [0, 0.05) is 5.92 Å². The summed E-state index contributed by atoms with van der Waals surface area (Å²) in [4.78, 5) is 0. The molecule has 2 fully saturated rings. The Labute approximate surface area is 158 Å². The largest absolute Gasteiger partial charge is 2.00 e. The summed E-state index contributed by atoms with van der Waals surface area (Å²) in [5.41, 5.74) is 0. The van der Waals surface area contributed by atoms with Crippen molar-refractivity contribution in [2.45, 2.75) is 26.4 Å². The third-order valence-electron chi connectivity index (χ3n) is 2.88. The molecule has 0 N–H and O–H groups in total. The Morgan fingerprint density at radius 1 is 0.952 bits per heavy atom. The summed E-state index contributed by atoms with van der Waals surface area (Å²) in [5, 5.41) is 0. The van der Waals surface area contributed by atoms with Gasteiger partial charge in [0.25, 0.3) is 0 Å². The van der Waals surface area contributed by atoms with Gasteiger partial charge in [-0.2, -0.15) is 0 Å². The fourth-order valence-electron chi connectivity index (χ4n) is 1.97. The van der Waals surface area contributed by atoms with Gasteiger partial charge < -0.3 is 24.0 Å². The molecule has 1 heterocycles. The third-order valence-corrected chi connectivity index (χ3v) is 2.88. The van der Waals surface area contributed by atoms with E-state index in [0.717, 1.165) is 13.1 Å². The molecular weight excluding hydrogens is 415 g/mol. The number of imidazole rings is 1. The Bertz CT molecular complexity index is 337. The van der Waals surface area contributed by atoms with E-state index in [1.165, 1.54) is 12.3 Å². The van der Waals surface area contributed by atoms with Crippen molar-refractivity contribution < 1.29 is 45.6 Å². The quantitative estimate of drug-likeness (QED) is 0.346. The van der Waals surface area contributed by atoms with Gasteiger partial charge in [-0.05, 0) is 64.2 Å². The van der Waals surface area contributed by atoms with Gasteiger partial charge in [0.2, 0.25) is 6.33 Å². The van der Waals surface area contributed by atoms with Gasteiger partial charge >= 0.3 is 17.1 Å². The summed E-state index contributed by atoms with van der Waals surface area (Å²) in [6.07, 6.45) is 26.1. The van der Waals surface area contributed by atoms with E-state index in [-0.39, 0.29) is 41.0 Å². The molecule has 2 nitrogen and oxygen atoms in total. The number of hydrogen-bond donors (Lipinski definition) is 0. The zero-order valence-electron chi connectivity index (χ0n) is 12.2. The molecule has 0 aliphatic heterocycles. The predicted octanol–water partition coefficient (Wildman–Crippen LogP) is -0.386. The van der Waals surface area contributed by atoms with E-state index in [9.17, 15) is 0 Å². The number of aromatic nitrogens is 2. The molecule has 0 saturated heterocycles. The Hall–Kier alpha value is 0.459. The first-order chi connectivity index (χ1) is 9.38. The summed E-state index contributed by atoms with van der Waals surface area (Å²) < 4.78 is 4.44. The van der Waals surface area contributed by atoms with E-state index < -0.39 is 0 Å². The average molecular weight is 436 g/mol. The van der Waals surface area contributed by atoms with Crippen LogP contribution in [0.2, 0.25) is 0 Å². The molecule has 10 radical (unpaired) electrons. The maximum atomic E-state index is 2.23. The Balaban J connectivity index is 0.000000491. The summed E-state index contributed by atoms with van der Waals surface area (Å²) in [5.74, 6) is 1.37. The van der Waals surface area contributed by atoms with Crippen molar-refractivity contribution in [1.82, 2.24) is 4.57 Å². The number of hydrogen-bond acceptors (Lipinski definition) is 0. The molecule has 0 amide bonds. The van der Waals surface area contributed by atoms with Gasteiger partial charge in [-0.15, -0.1) is 0 Å². The second-order valence-electron chi connectivity index (χ2n) is 4.58. The van der Waals surface area contributed by atoms with Crippen molar-refractivity contribution in [1.29, 1.82) is 0 Å². The van der Waals surface area contributed by atoms with Crippen LogP contribution in [0.3, 0.4) is 0 Å². The first-order valence-electron chi connectivity index (χ1n) is 6.80. The minimum Gasteiger partial charge on any atom is -1.00 e. The second-order valence-corrected chi connectivity index (χ2v) is 4.58. The maximum absolute atomic E-state index is 2.23. The molecule has 2 aliphatic carbocycles. The van der Waals surface area contributed by atoms with Crippen molar-refractivity contribution in [2.75, 3.05) is 0 Å². The molecule has 112 valence electrons. The fourth-order valence-corrected chi connectivity index (χ4v) is 1.97. The van der Waals surface area contributed by atoms with Crippen LogP contribution in [0, 0.1) is 63.7 Å². The standard InChI is InChI=1S/C12H16N2.C5H5.Fe.HI/c1-2-7-13-8-9-14(11-13)10-12-5-3-4-6-12;1-2-4-5-3-1;;/h3-6,8-9,11H,2,7,10H2,1H3;1-5H;;1H/q+1;;+2;/p-1. The van der Waals surface area contributed by atoms with Gasteiger partial charge in [0.05, 0.1) is 13.1 Å². The number of nitrogens with zero attached hydrogens (tertiary/aromatic N) is 2. The van der Waals surface area contributed by atoms with Gasteiger partial charge in [-0.1, -0.05) is 6.92 Å². The van der Waals surface area contributed by atoms with Crippen LogP contribution in [0.15, 0.2) is 18.7 Å². The molecule has 0 bridgehead atoms. The van der Waals surface area contributed by atoms with Crippen LogP contribution in [0.25, 0.3) is 0 Å². The van der Waals surface area contributed by atoms with Crippen LogP contribution in [0.4, 0.5) is 0 Å². The van der Waals surface area contributed by atoms with Crippen LogP contribution in [-0.4, -0.2) is 4.57 Å². The van der Waals surface area contributed by atoms with Crippen molar-refractivity contribution in [3.8, 4) is 0 Å². The van der Waals surface area contributed by atoms with Gasteiger partial charge in [0.15, 0.2) is 0 Å². The van der Waals surface area contributed by atoms with Crippen molar-refractivity contribution in [3.05, 3.63) is 82.4 Å². The van der Waals surface area contributed by atoms with Crippen LogP contribution < -0.4 is 28.5 Å². The Kier molecular flexibility index (Phi) is 13.2. The van der Waals surface area contributed by atoms with E-state index in [4.69, 9.17) is 0 Å². The van der Waals surface area contributed by atoms with Crippen LogP contribution in [0.1, 0.15) is 13.3 Å². The van der Waals surface area contributed by atoms with Crippen LogP contribution in [0.5, 0.6) is 0 Å². The van der Waals surface area contributed by atoms with Crippen molar-refractivity contribution in [3.63, 3.8) is 0 Å². The van der Waals surface area contributed by atoms with E-state index in [1.807, 2.05) is 32.1 Å². The van der Waals surface area contributed by atoms with Crippen LogP contribution >= 0.6 is 0 Å². The molecule has 0 unspecified atom stereocenters. The second kappa shape index (κ2) is 12.9. The van der Waals surface area contributed by atoms with E-state index in [0.29, 0.717) is 0 Å². The summed E-state index contributed by atoms with van der Waals surface area (Å²) in [7, 11) is 0. The minimum absolute atomic E-state index is 0. The zero-order valence-corrected chi connectivity index (χ0v) is 15.4. The molecular formula is C17H21FeIN2+2. The van der Waals surface area contributed by atoms with Crippen LogP contribution in [-0.2, 0) is 30.2 Å². The number of halogens is 1. The third kappa shape index (κ3) is 8.61. The summed E-state index contributed by atoms with van der Waals surface area (Å²) in [6, 6.07) is 0. The van der Waals surface area contributed by atoms with E-state index in [1.54, 1.807) is 0 Å². The number of aryl methyl sites for hydroxylation is 1. The summed E-state index contributed by atoms with van der Waals surface area (Å²) in [6.45, 7) is 4.28. The smallest absolute Gasteiger partial charge is 1.00 e. The molecule has 3 rings (SSSR count). The average Bonchev–Trinajstić information content (AvgIpc) is 3.13. The Morgan fingerprint density at radius 2 is 1.52 bits per heavy atom. The fraction of sp³-hybridized carbons (Fsp3) is 0.235. The molecule has 0 atom stereocenters. The summed E-state index contributed by atoms with van der Waals surface area (Å²) >= 11 is 0. The predicted molar refractivity (Wildman–Crippen MR) is 76.9 cm³/mol. The molecule has 0 aromatic carbocycles. The van der Waals surface area contributed by atoms with E-state index >= 15 is 0 Å². The molecule has 21 heavy (non-hydrogen) atoms.